The third-order valence-corrected chi connectivity index (χ3v) is 3.49. The van der Waals surface area contributed by atoms with Crippen LogP contribution in [0, 0.1) is 5.82 Å². The largest absolute Gasteiger partial charge is 0.341 e. The number of benzene rings is 1. The van der Waals surface area contributed by atoms with Gasteiger partial charge in [-0.05, 0) is 23.8 Å². The maximum atomic E-state index is 12.8. The third kappa shape index (κ3) is 4.31. The van der Waals surface area contributed by atoms with Gasteiger partial charge in [-0.2, -0.15) is 0 Å². The van der Waals surface area contributed by atoms with Gasteiger partial charge in [-0.15, -0.1) is 0 Å². The molecule has 1 aromatic heterocycles. The van der Waals surface area contributed by atoms with E-state index in [1.807, 2.05) is 0 Å². The van der Waals surface area contributed by atoms with E-state index < -0.39 is 0 Å². The highest BCUT2D eigenvalue weighted by Gasteiger charge is 2.10. The third-order valence-electron chi connectivity index (χ3n) is 2.63. The van der Waals surface area contributed by atoms with Crippen LogP contribution in [-0.4, -0.2) is 33.6 Å². The molecule has 0 fully saturated rings. The number of hydrogen-bond acceptors (Lipinski definition) is 4. The van der Waals surface area contributed by atoms with Crippen LogP contribution in [0.4, 0.5) is 4.39 Å². The normalized spacial score (nSPS) is 10.3. The molecule has 1 heterocycles. The minimum Gasteiger partial charge on any atom is -0.341 e. The van der Waals surface area contributed by atoms with Crippen LogP contribution in [0.3, 0.4) is 0 Å². The molecule has 0 N–H and O–H groups in total. The summed E-state index contributed by atoms with van der Waals surface area (Å²) >= 11 is 1.30. The van der Waals surface area contributed by atoms with Crippen LogP contribution >= 0.6 is 11.8 Å². The van der Waals surface area contributed by atoms with Gasteiger partial charge in [-0.25, -0.2) is 14.4 Å². The Kier molecular flexibility index (Phi) is 5.06. The number of hydrogen-bond donors (Lipinski definition) is 0. The lowest BCUT2D eigenvalue weighted by atomic mass is 10.2. The van der Waals surface area contributed by atoms with E-state index in [0.717, 1.165) is 5.56 Å². The molecular formula is C14H14FN3OS. The van der Waals surface area contributed by atoms with E-state index in [1.54, 1.807) is 42.5 Å². The fourth-order valence-electron chi connectivity index (χ4n) is 1.55. The van der Waals surface area contributed by atoms with Crippen molar-refractivity contribution in [2.75, 3.05) is 12.8 Å². The summed E-state index contributed by atoms with van der Waals surface area (Å²) in [5, 5.41) is 0.580. The van der Waals surface area contributed by atoms with Gasteiger partial charge in [0.25, 0.3) is 0 Å². The number of carbonyl (C=O) groups excluding carboxylic acids is 1. The van der Waals surface area contributed by atoms with E-state index >= 15 is 0 Å². The first-order valence-electron chi connectivity index (χ1n) is 6.03. The highest BCUT2D eigenvalue weighted by atomic mass is 32.2. The second-order valence-electron chi connectivity index (χ2n) is 4.20. The Morgan fingerprint density at radius 3 is 2.55 bits per heavy atom. The molecule has 1 amide bonds. The summed E-state index contributed by atoms with van der Waals surface area (Å²) in [6.45, 7) is 0.454. The smallest absolute Gasteiger partial charge is 0.233 e. The van der Waals surface area contributed by atoms with Crippen LogP contribution in [0.5, 0.6) is 0 Å². The van der Waals surface area contributed by atoms with Gasteiger partial charge in [0.15, 0.2) is 5.16 Å². The van der Waals surface area contributed by atoms with Crippen molar-refractivity contribution in [1.29, 1.82) is 0 Å². The zero-order valence-electron chi connectivity index (χ0n) is 11.0. The van der Waals surface area contributed by atoms with Crippen molar-refractivity contribution >= 4 is 17.7 Å². The molecule has 1 aromatic carbocycles. The summed E-state index contributed by atoms with van der Waals surface area (Å²) in [5.74, 6) is -0.0203. The summed E-state index contributed by atoms with van der Waals surface area (Å²) in [4.78, 5) is 21.6. The van der Waals surface area contributed by atoms with Gasteiger partial charge in [0.1, 0.15) is 5.82 Å². The molecule has 0 atom stereocenters. The molecule has 2 aromatic rings. The lowest BCUT2D eigenvalue weighted by molar-refractivity contribution is -0.127. The molecule has 0 aliphatic carbocycles. The van der Waals surface area contributed by atoms with Gasteiger partial charge in [0.05, 0.1) is 5.75 Å². The monoisotopic (exact) mass is 291 g/mol. The predicted octanol–water partition coefficient (Wildman–Crippen LogP) is 2.37. The zero-order chi connectivity index (χ0) is 14.4. The molecule has 20 heavy (non-hydrogen) atoms. The van der Waals surface area contributed by atoms with Gasteiger partial charge in [0, 0.05) is 26.0 Å². The number of amides is 1. The summed E-state index contributed by atoms with van der Waals surface area (Å²) in [5.41, 5.74) is 0.892. The van der Waals surface area contributed by atoms with Crippen molar-refractivity contribution in [3.05, 3.63) is 54.1 Å². The fraction of sp³-hybridized carbons (Fsp3) is 0.214. The van der Waals surface area contributed by atoms with Gasteiger partial charge < -0.3 is 4.90 Å². The standard InChI is InChI=1S/C14H14FN3OS/c1-18(9-11-3-5-12(15)6-4-11)13(19)10-20-14-16-7-2-8-17-14/h2-8H,9-10H2,1H3. The molecule has 0 bridgehead atoms. The first-order valence-corrected chi connectivity index (χ1v) is 7.02. The van der Waals surface area contributed by atoms with E-state index in [-0.39, 0.29) is 17.5 Å². The zero-order valence-corrected chi connectivity index (χ0v) is 11.8. The second-order valence-corrected chi connectivity index (χ2v) is 5.14. The second kappa shape index (κ2) is 7.00. The average Bonchev–Trinajstić information content (AvgIpc) is 2.48. The first kappa shape index (κ1) is 14.5. The number of halogens is 1. The van der Waals surface area contributed by atoms with Crippen LogP contribution in [0.2, 0.25) is 0 Å². The van der Waals surface area contributed by atoms with Crippen molar-refractivity contribution in [2.45, 2.75) is 11.7 Å². The van der Waals surface area contributed by atoms with Crippen LogP contribution < -0.4 is 0 Å². The van der Waals surface area contributed by atoms with Gasteiger partial charge >= 0.3 is 0 Å². The van der Waals surface area contributed by atoms with Crippen LogP contribution in [0.1, 0.15) is 5.56 Å². The molecule has 104 valence electrons. The van der Waals surface area contributed by atoms with Crippen molar-refractivity contribution < 1.29 is 9.18 Å². The fourth-order valence-corrected chi connectivity index (χ4v) is 2.29. The van der Waals surface area contributed by atoms with Crippen molar-refractivity contribution in [2.24, 2.45) is 0 Å². The number of aromatic nitrogens is 2. The number of nitrogens with zero attached hydrogens (tertiary/aromatic N) is 3. The van der Waals surface area contributed by atoms with E-state index in [1.165, 1.54) is 23.9 Å². The molecule has 6 heteroatoms. The van der Waals surface area contributed by atoms with Crippen LogP contribution in [0.25, 0.3) is 0 Å². The van der Waals surface area contributed by atoms with E-state index in [0.29, 0.717) is 11.7 Å². The Morgan fingerprint density at radius 2 is 1.90 bits per heavy atom. The van der Waals surface area contributed by atoms with Crippen LogP contribution in [-0.2, 0) is 11.3 Å². The van der Waals surface area contributed by atoms with E-state index in [2.05, 4.69) is 9.97 Å². The summed E-state index contributed by atoms with van der Waals surface area (Å²) < 4.78 is 12.8. The van der Waals surface area contributed by atoms with Crippen molar-refractivity contribution in [1.82, 2.24) is 14.9 Å². The maximum absolute atomic E-state index is 12.8. The van der Waals surface area contributed by atoms with E-state index in [4.69, 9.17) is 0 Å². The minimum absolute atomic E-state index is 0.0215. The number of thioether (sulfide) groups is 1. The minimum atomic E-state index is -0.278. The number of carbonyl (C=O) groups is 1. The van der Waals surface area contributed by atoms with Crippen LogP contribution in [0.15, 0.2) is 47.9 Å². The number of rotatable bonds is 5. The highest BCUT2D eigenvalue weighted by molar-refractivity contribution is 7.99. The Labute approximate surface area is 121 Å². The lowest BCUT2D eigenvalue weighted by Crippen LogP contribution is -2.27. The summed E-state index contributed by atoms with van der Waals surface area (Å²) in [6, 6.07) is 7.85. The van der Waals surface area contributed by atoms with Gasteiger partial charge in [0.2, 0.25) is 5.91 Å². The predicted molar refractivity (Wildman–Crippen MR) is 75.6 cm³/mol. The van der Waals surface area contributed by atoms with Crippen molar-refractivity contribution in [3.8, 4) is 0 Å². The molecule has 0 saturated carbocycles. The first-order chi connectivity index (χ1) is 9.65. The Balaban J connectivity index is 1.84. The molecule has 0 spiro atoms. The molecule has 0 saturated heterocycles. The van der Waals surface area contributed by atoms with Gasteiger partial charge in [-0.3, -0.25) is 4.79 Å². The average molecular weight is 291 g/mol. The molecule has 4 nitrogen and oxygen atoms in total. The highest BCUT2D eigenvalue weighted by Crippen LogP contribution is 2.12. The molecule has 2 rings (SSSR count). The Bertz CT molecular complexity index is 562. The molecule has 0 unspecified atom stereocenters. The van der Waals surface area contributed by atoms with Crippen molar-refractivity contribution in [3.63, 3.8) is 0 Å². The summed E-state index contributed by atoms with van der Waals surface area (Å²) in [6.07, 6.45) is 3.28. The quantitative estimate of drug-likeness (QED) is 0.627. The molecule has 0 aliphatic heterocycles. The molecular weight excluding hydrogens is 277 g/mol. The van der Waals surface area contributed by atoms with Gasteiger partial charge in [-0.1, -0.05) is 23.9 Å². The summed E-state index contributed by atoms with van der Waals surface area (Å²) in [7, 11) is 1.72. The maximum Gasteiger partial charge on any atom is 0.233 e. The topological polar surface area (TPSA) is 46.1 Å². The Hall–Kier alpha value is -1.95. The SMILES string of the molecule is CN(Cc1ccc(F)cc1)C(=O)CSc1ncccn1. The van der Waals surface area contributed by atoms with E-state index in [9.17, 15) is 9.18 Å². The lowest BCUT2D eigenvalue weighted by Gasteiger charge is -2.16. The molecule has 0 aliphatic rings. The Morgan fingerprint density at radius 1 is 1.25 bits per heavy atom. The molecule has 0 radical (unpaired) electrons.